The third-order valence-corrected chi connectivity index (χ3v) is 3.99. The lowest BCUT2D eigenvalue weighted by Crippen LogP contribution is -2.34. The molecule has 24 heavy (non-hydrogen) atoms. The van der Waals surface area contributed by atoms with Crippen LogP contribution in [-0.4, -0.2) is 17.9 Å². The lowest BCUT2D eigenvalue weighted by Gasteiger charge is -2.23. The van der Waals surface area contributed by atoms with Crippen molar-refractivity contribution in [3.8, 4) is 5.75 Å². The molecule has 1 aliphatic rings. The summed E-state index contributed by atoms with van der Waals surface area (Å²) in [5.41, 5.74) is 2.38. The zero-order valence-electron chi connectivity index (χ0n) is 13.1. The van der Waals surface area contributed by atoms with Gasteiger partial charge in [0.2, 0.25) is 5.91 Å². The van der Waals surface area contributed by atoms with Crippen LogP contribution in [-0.2, 0) is 22.6 Å². The van der Waals surface area contributed by atoms with Gasteiger partial charge in [-0.25, -0.2) is 0 Å². The number of halogens is 1. The van der Waals surface area contributed by atoms with E-state index in [1.165, 1.54) is 0 Å². The van der Waals surface area contributed by atoms with Crippen LogP contribution < -0.4 is 15.4 Å². The molecular weight excluding hydrogens is 328 g/mol. The van der Waals surface area contributed by atoms with Crippen LogP contribution >= 0.6 is 11.6 Å². The van der Waals surface area contributed by atoms with E-state index in [1.807, 2.05) is 18.2 Å². The Bertz CT molecular complexity index is 774. The lowest BCUT2D eigenvalue weighted by atomic mass is 10.1. The second-order valence-corrected chi connectivity index (χ2v) is 6.10. The van der Waals surface area contributed by atoms with E-state index in [1.54, 1.807) is 31.2 Å². The van der Waals surface area contributed by atoms with Crippen LogP contribution in [0.15, 0.2) is 42.5 Å². The van der Waals surface area contributed by atoms with Crippen LogP contribution in [0, 0.1) is 0 Å². The van der Waals surface area contributed by atoms with E-state index in [0.717, 1.165) is 11.1 Å². The van der Waals surface area contributed by atoms with Crippen LogP contribution in [0.25, 0.3) is 0 Å². The summed E-state index contributed by atoms with van der Waals surface area (Å²) >= 11 is 5.83. The summed E-state index contributed by atoms with van der Waals surface area (Å²) in [5, 5.41) is 6.31. The van der Waals surface area contributed by atoms with Gasteiger partial charge >= 0.3 is 0 Å². The quantitative estimate of drug-likeness (QED) is 0.896. The third-order valence-electron chi connectivity index (χ3n) is 3.74. The summed E-state index contributed by atoms with van der Waals surface area (Å²) in [6, 6.07) is 12.7. The van der Waals surface area contributed by atoms with Crippen molar-refractivity contribution in [3.63, 3.8) is 0 Å². The number of nitrogens with one attached hydrogen (secondary N) is 2. The first-order valence-corrected chi connectivity index (χ1v) is 8.00. The Hall–Kier alpha value is -2.53. The maximum Gasteiger partial charge on any atom is 0.265 e. The highest BCUT2D eigenvalue weighted by Crippen LogP contribution is 2.30. The highest BCUT2D eigenvalue weighted by molar-refractivity contribution is 6.30. The highest BCUT2D eigenvalue weighted by atomic mass is 35.5. The van der Waals surface area contributed by atoms with E-state index >= 15 is 0 Å². The number of rotatable bonds is 4. The molecule has 3 rings (SSSR count). The van der Waals surface area contributed by atoms with E-state index in [0.29, 0.717) is 23.0 Å². The van der Waals surface area contributed by atoms with Crippen molar-refractivity contribution in [2.45, 2.75) is 26.0 Å². The smallest absolute Gasteiger partial charge is 0.265 e. The van der Waals surface area contributed by atoms with Gasteiger partial charge in [-0.2, -0.15) is 0 Å². The minimum absolute atomic E-state index is 0.0960. The molecule has 0 saturated carbocycles. The number of hydrogen-bond acceptors (Lipinski definition) is 3. The summed E-state index contributed by atoms with van der Waals surface area (Å²) in [4.78, 5) is 23.7. The van der Waals surface area contributed by atoms with E-state index in [4.69, 9.17) is 16.3 Å². The number of anilines is 1. The van der Waals surface area contributed by atoms with Crippen molar-refractivity contribution in [3.05, 3.63) is 58.6 Å². The number of amides is 2. The summed E-state index contributed by atoms with van der Waals surface area (Å²) in [6.07, 6.45) is -0.280. The monoisotopic (exact) mass is 344 g/mol. The predicted octanol–water partition coefficient (Wildman–Crippen LogP) is 2.92. The van der Waals surface area contributed by atoms with Gasteiger partial charge in [-0.1, -0.05) is 29.8 Å². The van der Waals surface area contributed by atoms with E-state index in [2.05, 4.69) is 10.6 Å². The minimum Gasteiger partial charge on any atom is -0.479 e. The van der Waals surface area contributed by atoms with Crippen LogP contribution in [0.4, 0.5) is 5.69 Å². The highest BCUT2D eigenvalue weighted by Gasteiger charge is 2.23. The first-order valence-electron chi connectivity index (χ1n) is 7.63. The van der Waals surface area contributed by atoms with Crippen molar-refractivity contribution in [2.24, 2.45) is 0 Å². The van der Waals surface area contributed by atoms with Gasteiger partial charge in [-0.15, -0.1) is 0 Å². The average molecular weight is 345 g/mol. The minimum atomic E-state index is -0.508. The molecule has 0 aliphatic carbocycles. The van der Waals surface area contributed by atoms with Crippen molar-refractivity contribution in [1.29, 1.82) is 0 Å². The molecule has 2 aromatic rings. The fourth-order valence-corrected chi connectivity index (χ4v) is 2.54. The Morgan fingerprint density at radius 2 is 1.92 bits per heavy atom. The van der Waals surface area contributed by atoms with Crippen molar-refractivity contribution in [1.82, 2.24) is 5.32 Å². The van der Waals surface area contributed by atoms with Gasteiger partial charge in [0.05, 0.1) is 12.1 Å². The predicted molar refractivity (Wildman–Crippen MR) is 92.2 cm³/mol. The molecule has 1 heterocycles. The van der Waals surface area contributed by atoms with Crippen LogP contribution in [0.3, 0.4) is 0 Å². The Morgan fingerprint density at radius 3 is 2.67 bits per heavy atom. The van der Waals surface area contributed by atoms with Gasteiger partial charge in [-0.05, 0) is 42.3 Å². The van der Waals surface area contributed by atoms with Gasteiger partial charge in [0, 0.05) is 11.6 Å². The topological polar surface area (TPSA) is 67.4 Å². The number of fused-ring (bicyclic) bond motifs is 1. The fraction of sp³-hybridized carbons (Fsp3) is 0.222. The molecular formula is C18H17ClN2O3. The second kappa shape index (κ2) is 6.93. The second-order valence-electron chi connectivity index (χ2n) is 5.66. The standard InChI is InChI=1S/C18H17ClN2O3/c1-11-18(23)21-15-8-13(4-7-16(15)24-11)9-17(22)20-10-12-2-5-14(19)6-3-12/h2-8,11H,9-10H2,1H3,(H,20,22)(H,21,23). The summed E-state index contributed by atoms with van der Waals surface area (Å²) in [7, 11) is 0. The molecule has 0 radical (unpaired) electrons. The molecule has 0 saturated heterocycles. The Balaban J connectivity index is 1.59. The normalized spacial score (nSPS) is 15.9. The third kappa shape index (κ3) is 3.86. The molecule has 2 N–H and O–H groups in total. The first-order chi connectivity index (χ1) is 11.5. The number of hydrogen-bond donors (Lipinski definition) is 2. The average Bonchev–Trinajstić information content (AvgIpc) is 2.56. The molecule has 1 atom stereocenters. The molecule has 0 fully saturated rings. The van der Waals surface area contributed by atoms with Crippen LogP contribution in [0.2, 0.25) is 5.02 Å². The van der Waals surface area contributed by atoms with Crippen LogP contribution in [0.1, 0.15) is 18.1 Å². The molecule has 2 aromatic carbocycles. The van der Waals surface area contributed by atoms with Gasteiger partial charge in [0.25, 0.3) is 5.91 Å². The maximum absolute atomic E-state index is 12.1. The van der Waals surface area contributed by atoms with Crippen molar-refractivity contribution in [2.75, 3.05) is 5.32 Å². The molecule has 0 bridgehead atoms. The Labute approximate surface area is 145 Å². The van der Waals surface area contributed by atoms with E-state index in [9.17, 15) is 9.59 Å². The molecule has 0 aromatic heterocycles. The summed E-state index contributed by atoms with van der Waals surface area (Å²) in [6.45, 7) is 2.13. The SMILES string of the molecule is CC1Oc2ccc(CC(=O)NCc3ccc(Cl)cc3)cc2NC1=O. The number of carbonyl (C=O) groups is 2. The molecule has 5 nitrogen and oxygen atoms in total. The molecule has 6 heteroatoms. The van der Waals surface area contributed by atoms with Gasteiger partial charge < -0.3 is 15.4 Å². The van der Waals surface area contributed by atoms with Gasteiger partial charge in [0.1, 0.15) is 5.75 Å². The molecule has 1 unspecified atom stereocenters. The lowest BCUT2D eigenvalue weighted by molar-refractivity contribution is -0.122. The zero-order chi connectivity index (χ0) is 17.1. The van der Waals surface area contributed by atoms with Gasteiger partial charge in [-0.3, -0.25) is 9.59 Å². The first kappa shape index (κ1) is 16.3. The van der Waals surface area contributed by atoms with Gasteiger partial charge in [0.15, 0.2) is 6.10 Å². The zero-order valence-corrected chi connectivity index (χ0v) is 13.9. The Morgan fingerprint density at radius 1 is 1.21 bits per heavy atom. The fourth-order valence-electron chi connectivity index (χ4n) is 2.42. The Kier molecular flexibility index (Phi) is 4.71. The number of ether oxygens (including phenoxy) is 1. The summed E-state index contributed by atoms with van der Waals surface area (Å²) < 4.78 is 5.50. The van der Waals surface area contributed by atoms with E-state index in [-0.39, 0.29) is 18.2 Å². The molecule has 124 valence electrons. The number of carbonyl (C=O) groups excluding carboxylic acids is 2. The number of benzene rings is 2. The van der Waals surface area contributed by atoms with E-state index < -0.39 is 6.10 Å². The molecule has 2 amide bonds. The van der Waals surface area contributed by atoms with Crippen LogP contribution in [0.5, 0.6) is 5.75 Å². The molecule has 1 aliphatic heterocycles. The summed E-state index contributed by atoms with van der Waals surface area (Å²) in [5.74, 6) is 0.334. The van der Waals surface area contributed by atoms with Crippen molar-refractivity contribution >= 4 is 29.1 Å². The molecule has 0 spiro atoms. The maximum atomic E-state index is 12.1. The van der Waals surface area contributed by atoms with Crippen molar-refractivity contribution < 1.29 is 14.3 Å². The largest absolute Gasteiger partial charge is 0.479 e.